The van der Waals surface area contributed by atoms with Gasteiger partial charge in [-0.25, -0.2) is 4.98 Å². The second kappa shape index (κ2) is 7.97. The van der Waals surface area contributed by atoms with Crippen LogP contribution in [0.4, 0.5) is 5.82 Å². The van der Waals surface area contributed by atoms with Crippen molar-refractivity contribution in [3.05, 3.63) is 23.9 Å². The van der Waals surface area contributed by atoms with Crippen molar-refractivity contribution in [1.82, 2.24) is 9.88 Å². The van der Waals surface area contributed by atoms with Crippen LogP contribution in [0.2, 0.25) is 0 Å². The molecule has 1 aliphatic carbocycles. The summed E-state index contributed by atoms with van der Waals surface area (Å²) in [5, 5.41) is 0. The van der Waals surface area contributed by atoms with Crippen molar-refractivity contribution in [2.45, 2.75) is 51.6 Å². The van der Waals surface area contributed by atoms with Crippen LogP contribution in [-0.2, 0) is 16.0 Å². The van der Waals surface area contributed by atoms with Gasteiger partial charge >= 0.3 is 0 Å². The first-order chi connectivity index (χ1) is 11.6. The minimum atomic E-state index is 0.336. The van der Waals surface area contributed by atoms with Crippen LogP contribution in [0.1, 0.15) is 44.6 Å². The van der Waals surface area contributed by atoms with Crippen molar-refractivity contribution in [2.24, 2.45) is 11.8 Å². The summed E-state index contributed by atoms with van der Waals surface area (Å²) in [6, 6.07) is 3.92. The number of likely N-dealkylation sites (tertiary alicyclic amines) is 1. The van der Waals surface area contributed by atoms with E-state index < -0.39 is 0 Å². The fourth-order valence-electron chi connectivity index (χ4n) is 3.87. The third-order valence-electron chi connectivity index (χ3n) is 5.40. The van der Waals surface area contributed by atoms with E-state index in [2.05, 4.69) is 16.0 Å². The van der Waals surface area contributed by atoms with Crippen LogP contribution in [0, 0.1) is 11.8 Å². The zero-order valence-corrected chi connectivity index (χ0v) is 14.6. The average molecular weight is 331 g/mol. The van der Waals surface area contributed by atoms with E-state index in [0.29, 0.717) is 36.1 Å². The predicted octanol–water partition coefficient (Wildman–Crippen LogP) is 2.65. The quantitative estimate of drug-likeness (QED) is 0.870. The Morgan fingerprint density at radius 1 is 1.29 bits per heavy atom. The van der Waals surface area contributed by atoms with E-state index >= 15 is 0 Å². The highest BCUT2D eigenvalue weighted by Crippen LogP contribution is 2.33. The Morgan fingerprint density at radius 3 is 2.67 bits per heavy atom. The number of nitrogens with two attached hydrogens (primary N) is 1. The molecule has 1 aromatic rings. The first-order valence-electron chi connectivity index (χ1n) is 9.23. The zero-order chi connectivity index (χ0) is 16.9. The second-order valence-corrected chi connectivity index (χ2v) is 7.24. The van der Waals surface area contributed by atoms with Crippen molar-refractivity contribution in [2.75, 3.05) is 25.4 Å². The Bertz CT molecular complexity index is 532. The molecule has 1 amide bonds. The summed E-state index contributed by atoms with van der Waals surface area (Å²) in [6.45, 7) is 4.60. The summed E-state index contributed by atoms with van der Waals surface area (Å²) in [4.78, 5) is 18.6. The van der Waals surface area contributed by atoms with Crippen LogP contribution in [0.25, 0.3) is 0 Å². The molecule has 132 valence electrons. The monoisotopic (exact) mass is 331 g/mol. The number of carbonyl (C=O) groups excluding carboxylic acids is 1. The van der Waals surface area contributed by atoms with Crippen LogP contribution in [0.15, 0.2) is 18.3 Å². The summed E-state index contributed by atoms with van der Waals surface area (Å²) in [7, 11) is 0. The molecule has 5 nitrogen and oxygen atoms in total. The number of nitrogen functional groups attached to an aromatic ring is 1. The van der Waals surface area contributed by atoms with Gasteiger partial charge in [-0.05, 0) is 62.5 Å². The molecule has 2 N–H and O–H groups in total. The molecule has 0 aromatic carbocycles. The number of aromatic nitrogens is 1. The number of nitrogens with zero attached hydrogens (tertiary/aromatic N) is 2. The van der Waals surface area contributed by atoms with Crippen molar-refractivity contribution in [3.63, 3.8) is 0 Å². The van der Waals surface area contributed by atoms with Gasteiger partial charge < -0.3 is 15.4 Å². The average Bonchev–Trinajstić information content (AvgIpc) is 2.55. The van der Waals surface area contributed by atoms with Gasteiger partial charge in [0.25, 0.3) is 0 Å². The first kappa shape index (κ1) is 17.2. The number of hydrogen-bond donors (Lipinski definition) is 1. The Kier molecular flexibility index (Phi) is 5.72. The number of amides is 1. The maximum atomic E-state index is 12.4. The predicted molar refractivity (Wildman–Crippen MR) is 94.4 cm³/mol. The third-order valence-corrected chi connectivity index (χ3v) is 5.40. The number of anilines is 1. The SMILES string of the molecule is CCOC1CC(CC(=O)N2CCC(Cc3ccc(N)nc3)CC2)C1. The number of carbonyl (C=O) groups is 1. The molecule has 0 bridgehead atoms. The maximum Gasteiger partial charge on any atom is 0.222 e. The molecule has 2 heterocycles. The third kappa shape index (κ3) is 4.47. The first-order valence-corrected chi connectivity index (χ1v) is 9.23. The van der Waals surface area contributed by atoms with E-state index in [4.69, 9.17) is 10.5 Å². The van der Waals surface area contributed by atoms with Crippen LogP contribution < -0.4 is 5.73 Å². The molecule has 0 radical (unpaired) electrons. The lowest BCUT2D eigenvalue weighted by atomic mass is 9.79. The standard InChI is InChI=1S/C19H29N3O2/c1-2-24-17-10-16(11-17)12-19(23)22-7-5-14(6-8-22)9-15-3-4-18(20)21-13-15/h3-4,13-14,16-17H,2,5-12H2,1H3,(H2,20,21). The van der Waals surface area contributed by atoms with E-state index in [1.165, 1.54) is 5.56 Å². The fraction of sp³-hybridized carbons (Fsp3) is 0.684. The van der Waals surface area contributed by atoms with E-state index in [0.717, 1.165) is 51.8 Å². The van der Waals surface area contributed by atoms with Gasteiger partial charge in [0.2, 0.25) is 5.91 Å². The summed E-state index contributed by atoms with van der Waals surface area (Å²) in [6.07, 6.45) is 8.29. The Morgan fingerprint density at radius 2 is 2.04 bits per heavy atom. The van der Waals surface area contributed by atoms with Crippen molar-refractivity contribution in [3.8, 4) is 0 Å². The molecule has 24 heavy (non-hydrogen) atoms. The Balaban J connectivity index is 1.37. The largest absolute Gasteiger partial charge is 0.384 e. The van der Waals surface area contributed by atoms with Gasteiger partial charge in [-0.3, -0.25) is 4.79 Å². The topological polar surface area (TPSA) is 68.5 Å². The molecular weight excluding hydrogens is 302 g/mol. The van der Waals surface area contributed by atoms with Crippen LogP contribution in [0.5, 0.6) is 0 Å². The van der Waals surface area contributed by atoms with Gasteiger partial charge in [-0.15, -0.1) is 0 Å². The molecule has 5 heteroatoms. The second-order valence-electron chi connectivity index (χ2n) is 7.24. The van der Waals surface area contributed by atoms with Crippen LogP contribution >= 0.6 is 0 Å². The van der Waals surface area contributed by atoms with Crippen molar-refractivity contribution < 1.29 is 9.53 Å². The van der Waals surface area contributed by atoms with Gasteiger partial charge in [0, 0.05) is 32.3 Å². The summed E-state index contributed by atoms with van der Waals surface area (Å²) >= 11 is 0. The van der Waals surface area contributed by atoms with E-state index in [9.17, 15) is 4.79 Å². The molecule has 2 aliphatic rings. The van der Waals surface area contributed by atoms with E-state index in [1.807, 2.05) is 19.2 Å². The zero-order valence-electron chi connectivity index (χ0n) is 14.6. The molecule has 1 saturated carbocycles. The lowest BCUT2D eigenvalue weighted by Gasteiger charge is -2.37. The number of ether oxygens (including phenoxy) is 1. The minimum Gasteiger partial charge on any atom is -0.384 e. The van der Waals surface area contributed by atoms with Gasteiger partial charge in [0.1, 0.15) is 5.82 Å². The smallest absolute Gasteiger partial charge is 0.222 e. The highest BCUT2D eigenvalue weighted by atomic mass is 16.5. The highest BCUT2D eigenvalue weighted by molar-refractivity contribution is 5.76. The number of piperidine rings is 1. The van der Waals surface area contributed by atoms with Gasteiger partial charge in [-0.1, -0.05) is 6.07 Å². The molecular formula is C19H29N3O2. The summed E-state index contributed by atoms with van der Waals surface area (Å²) < 4.78 is 5.58. The molecule has 1 aromatic heterocycles. The highest BCUT2D eigenvalue weighted by Gasteiger charge is 2.33. The summed E-state index contributed by atoms with van der Waals surface area (Å²) in [5.74, 6) is 2.09. The lowest BCUT2D eigenvalue weighted by molar-refractivity contribution is -0.135. The fourth-order valence-corrected chi connectivity index (χ4v) is 3.87. The van der Waals surface area contributed by atoms with Crippen LogP contribution in [-0.4, -0.2) is 41.6 Å². The minimum absolute atomic E-state index is 0.336. The van der Waals surface area contributed by atoms with E-state index in [-0.39, 0.29) is 0 Å². The summed E-state index contributed by atoms with van der Waals surface area (Å²) in [5.41, 5.74) is 6.87. The molecule has 1 aliphatic heterocycles. The Hall–Kier alpha value is -1.62. The molecule has 2 fully saturated rings. The number of hydrogen-bond acceptors (Lipinski definition) is 4. The van der Waals surface area contributed by atoms with Crippen molar-refractivity contribution >= 4 is 11.7 Å². The molecule has 0 unspecified atom stereocenters. The molecule has 1 saturated heterocycles. The van der Waals surface area contributed by atoms with Crippen molar-refractivity contribution in [1.29, 1.82) is 0 Å². The number of rotatable bonds is 6. The Labute approximate surface area is 144 Å². The number of pyridine rings is 1. The van der Waals surface area contributed by atoms with Crippen LogP contribution in [0.3, 0.4) is 0 Å². The van der Waals surface area contributed by atoms with Gasteiger partial charge in [-0.2, -0.15) is 0 Å². The lowest BCUT2D eigenvalue weighted by Crippen LogP contribution is -2.41. The van der Waals surface area contributed by atoms with E-state index in [1.54, 1.807) is 0 Å². The molecule has 0 spiro atoms. The van der Waals surface area contributed by atoms with Gasteiger partial charge in [0.05, 0.1) is 6.10 Å². The molecule has 3 rings (SSSR count). The molecule has 0 atom stereocenters. The normalized spacial score (nSPS) is 24.6. The van der Waals surface area contributed by atoms with Gasteiger partial charge in [0.15, 0.2) is 0 Å². The maximum absolute atomic E-state index is 12.4.